The molecular formula is C27H31N3O3. The van der Waals surface area contributed by atoms with Crippen LogP contribution in [0.2, 0.25) is 0 Å². The van der Waals surface area contributed by atoms with Gasteiger partial charge in [0.2, 0.25) is 0 Å². The second-order valence-corrected chi connectivity index (χ2v) is 8.06. The number of nitrogens with zero attached hydrogens (tertiary/aromatic N) is 2. The van der Waals surface area contributed by atoms with Crippen LogP contribution in [0.5, 0.6) is 11.5 Å². The number of rotatable bonds is 8. The summed E-state index contributed by atoms with van der Waals surface area (Å²) in [6.07, 6.45) is 0.472. The average molecular weight is 446 g/mol. The molecule has 0 aliphatic carbocycles. The second-order valence-electron chi connectivity index (χ2n) is 8.06. The topological polar surface area (TPSA) is 54.0 Å². The average Bonchev–Trinajstić information content (AvgIpc) is 2.88. The maximum Gasteiger partial charge on any atom is 0.412 e. The number of nitrogens with one attached hydrogen (secondary N) is 1. The Bertz CT molecular complexity index is 1020. The number of carbonyl (C=O) groups is 1. The van der Waals surface area contributed by atoms with E-state index >= 15 is 0 Å². The second kappa shape index (κ2) is 11.4. The van der Waals surface area contributed by atoms with E-state index in [0.29, 0.717) is 12.3 Å². The van der Waals surface area contributed by atoms with E-state index in [1.807, 2.05) is 60.7 Å². The molecule has 0 aromatic heterocycles. The van der Waals surface area contributed by atoms with Crippen molar-refractivity contribution in [2.24, 2.45) is 0 Å². The van der Waals surface area contributed by atoms with Crippen molar-refractivity contribution >= 4 is 11.8 Å². The van der Waals surface area contributed by atoms with Crippen molar-refractivity contribution in [3.63, 3.8) is 0 Å². The van der Waals surface area contributed by atoms with Gasteiger partial charge in [0.15, 0.2) is 0 Å². The lowest BCUT2D eigenvalue weighted by Gasteiger charge is -2.36. The Morgan fingerprint density at radius 2 is 1.52 bits per heavy atom. The quantitative estimate of drug-likeness (QED) is 0.511. The molecule has 1 aliphatic heterocycles. The van der Waals surface area contributed by atoms with E-state index in [2.05, 4.69) is 33.3 Å². The highest BCUT2D eigenvalue weighted by Gasteiger charge is 2.19. The van der Waals surface area contributed by atoms with Gasteiger partial charge in [-0.3, -0.25) is 4.90 Å². The number of ether oxygens (including phenoxy) is 2. The number of hydrogen-bond acceptors (Lipinski definition) is 5. The number of methoxy groups -OCH3 is 1. The third kappa shape index (κ3) is 6.26. The van der Waals surface area contributed by atoms with Crippen LogP contribution >= 0.6 is 0 Å². The molecule has 0 radical (unpaired) electrons. The molecule has 3 aromatic rings. The molecule has 6 nitrogen and oxygen atoms in total. The number of amides is 1. The van der Waals surface area contributed by atoms with Crippen molar-refractivity contribution in [1.82, 2.24) is 10.2 Å². The molecule has 33 heavy (non-hydrogen) atoms. The van der Waals surface area contributed by atoms with Crippen LogP contribution in [0.4, 0.5) is 10.5 Å². The zero-order valence-corrected chi connectivity index (χ0v) is 19.1. The van der Waals surface area contributed by atoms with Crippen molar-refractivity contribution in [3.8, 4) is 22.6 Å². The van der Waals surface area contributed by atoms with Crippen molar-refractivity contribution < 1.29 is 14.3 Å². The summed E-state index contributed by atoms with van der Waals surface area (Å²) in [6.45, 7) is 5.47. The van der Waals surface area contributed by atoms with Crippen molar-refractivity contribution in [3.05, 3.63) is 78.9 Å². The number of carbonyl (C=O) groups excluding carboxylic acids is 1. The Hall–Kier alpha value is -3.51. The first-order chi connectivity index (χ1) is 16.2. The predicted octanol–water partition coefficient (Wildman–Crippen LogP) is 4.66. The predicted molar refractivity (Wildman–Crippen MR) is 132 cm³/mol. The molecule has 6 heteroatoms. The summed E-state index contributed by atoms with van der Waals surface area (Å²) in [6, 6.07) is 25.8. The standard InChI is InChI=1S/C27H31N3O3/c1-32-26-11-6-5-10-25(26)30-20-18-29(19-21-30)17-7-16-28-27(31)33-24-14-12-23(13-15-24)22-8-3-2-4-9-22/h2-6,8-15H,7,16-21H2,1H3,(H,28,31). The molecule has 4 rings (SSSR count). The van der Waals surface area contributed by atoms with Gasteiger partial charge in [-0.2, -0.15) is 0 Å². The van der Waals surface area contributed by atoms with Gasteiger partial charge in [0.05, 0.1) is 12.8 Å². The summed E-state index contributed by atoms with van der Waals surface area (Å²) in [5, 5.41) is 2.85. The zero-order valence-electron chi connectivity index (χ0n) is 19.1. The highest BCUT2D eigenvalue weighted by atomic mass is 16.6. The summed E-state index contributed by atoms with van der Waals surface area (Å²) in [4.78, 5) is 16.9. The van der Waals surface area contributed by atoms with E-state index in [0.717, 1.165) is 61.7 Å². The van der Waals surface area contributed by atoms with Crippen LogP contribution < -0.4 is 19.7 Å². The van der Waals surface area contributed by atoms with E-state index in [-0.39, 0.29) is 0 Å². The SMILES string of the molecule is COc1ccccc1N1CCN(CCCNC(=O)Oc2ccc(-c3ccccc3)cc2)CC1. The Morgan fingerprint density at radius 1 is 0.848 bits per heavy atom. The number of para-hydroxylation sites is 2. The van der Waals surface area contributed by atoms with E-state index in [1.54, 1.807) is 7.11 Å². The maximum absolute atomic E-state index is 12.1. The van der Waals surface area contributed by atoms with E-state index < -0.39 is 6.09 Å². The highest BCUT2D eigenvalue weighted by Crippen LogP contribution is 2.28. The van der Waals surface area contributed by atoms with E-state index in [1.165, 1.54) is 0 Å². The van der Waals surface area contributed by atoms with Crippen LogP contribution in [-0.2, 0) is 0 Å². The van der Waals surface area contributed by atoms with Crippen LogP contribution in [0.15, 0.2) is 78.9 Å². The van der Waals surface area contributed by atoms with Crippen LogP contribution in [0.25, 0.3) is 11.1 Å². The fraction of sp³-hybridized carbons (Fsp3) is 0.296. The van der Waals surface area contributed by atoms with Crippen molar-refractivity contribution in [1.29, 1.82) is 0 Å². The van der Waals surface area contributed by atoms with Crippen LogP contribution in [0.1, 0.15) is 6.42 Å². The molecule has 0 atom stereocenters. The van der Waals surface area contributed by atoms with Gasteiger partial charge in [-0.05, 0) is 48.4 Å². The first kappa shape index (κ1) is 22.7. The molecule has 1 aliphatic rings. The Morgan fingerprint density at radius 3 is 2.24 bits per heavy atom. The summed E-state index contributed by atoms with van der Waals surface area (Å²) in [5.41, 5.74) is 3.38. The molecule has 1 N–H and O–H groups in total. The molecule has 1 amide bonds. The zero-order chi connectivity index (χ0) is 22.9. The lowest BCUT2D eigenvalue weighted by atomic mass is 10.1. The lowest BCUT2D eigenvalue weighted by molar-refractivity contribution is 0.198. The van der Waals surface area contributed by atoms with Gasteiger partial charge >= 0.3 is 6.09 Å². The fourth-order valence-corrected chi connectivity index (χ4v) is 4.09. The summed E-state index contributed by atoms with van der Waals surface area (Å²) in [5.74, 6) is 1.46. The Kier molecular flexibility index (Phi) is 7.82. The van der Waals surface area contributed by atoms with Crippen LogP contribution in [-0.4, -0.2) is 57.4 Å². The first-order valence-electron chi connectivity index (χ1n) is 11.4. The normalized spacial score (nSPS) is 14.0. The molecule has 0 bridgehead atoms. The largest absolute Gasteiger partial charge is 0.495 e. The lowest BCUT2D eigenvalue weighted by Crippen LogP contribution is -2.47. The van der Waals surface area contributed by atoms with Gasteiger partial charge in [0.25, 0.3) is 0 Å². The number of piperazine rings is 1. The van der Waals surface area contributed by atoms with Crippen molar-refractivity contribution in [2.45, 2.75) is 6.42 Å². The molecule has 1 saturated heterocycles. The monoisotopic (exact) mass is 445 g/mol. The van der Waals surface area contributed by atoms with Gasteiger partial charge in [-0.1, -0.05) is 54.6 Å². The molecule has 0 saturated carbocycles. The number of benzene rings is 3. The summed E-state index contributed by atoms with van der Waals surface area (Å²) < 4.78 is 10.9. The first-order valence-corrected chi connectivity index (χ1v) is 11.4. The highest BCUT2D eigenvalue weighted by molar-refractivity contribution is 5.71. The molecule has 1 heterocycles. The minimum Gasteiger partial charge on any atom is -0.495 e. The molecular weight excluding hydrogens is 414 g/mol. The minimum atomic E-state index is -0.413. The third-order valence-electron chi connectivity index (χ3n) is 5.89. The van der Waals surface area contributed by atoms with Gasteiger partial charge in [-0.15, -0.1) is 0 Å². The van der Waals surface area contributed by atoms with Crippen molar-refractivity contribution in [2.75, 3.05) is 51.3 Å². The van der Waals surface area contributed by atoms with Gasteiger partial charge in [0.1, 0.15) is 11.5 Å². The molecule has 0 unspecified atom stereocenters. The Balaban J connectivity index is 1.14. The van der Waals surface area contributed by atoms with Crippen LogP contribution in [0, 0.1) is 0 Å². The third-order valence-corrected chi connectivity index (χ3v) is 5.89. The smallest absolute Gasteiger partial charge is 0.412 e. The van der Waals surface area contributed by atoms with Gasteiger partial charge in [-0.25, -0.2) is 4.79 Å². The molecule has 0 spiro atoms. The molecule has 1 fully saturated rings. The Labute approximate surface area is 195 Å². The summed E-state index contributed by atoms with van der Waals surface area (Å²) in [7, 11) is 1.72. The number of hydrogen-bond donors (Lipinski definition) is 1. The van der Waals surface area contributed by atoms with E-state index in [4.69, 9.17) is 9.47 Å². The molecule has 172 valence electrons. The van der Waals surface area contributed by atoms with Gasteiger partial charge < -0.3 is 19.7 Å². The molecule has 3 aromatic carbocycles. The number of anilines is 1. The van der Waals surface area contributed by atoms with Crippen LogP contribution in [0.3, 0.4) is 0 Å². The fourth-order valence-electron chi connectivity index (χ4n) is 4.09. The maximum atomic E-state index is 12.1. The summed E-state index contributed by atoms with van der Waals surface area (Å²) >= 11 is 0. The minimum absolute atomic E-state index is 0.413. The van der Waals surface area contributed by atoms with Gasteiger partial charge in [0, 0.05) is 32.7 Å². The van der Waals surface area contributed by atoms with E-state index in [9.17, 15) is 4.79 Å².